The highest BCUT2D eigenvalue weighted by Crippen LogP contribution is 2.13. The SMILES string of the molecule is Cc1cccc(OCC(O)Cn2nc(C)cc2C)c1. The molecule has 1 heterocycles. The Labute approximate surface area is 113 Å². The summed E-state index contributed by atoms with van der Waals surface area (Å²) in [5.41, 5.74) is 3.15. The molecular formula is C15H20N2O2. The molecule has 1 aromatic carbocycles. The van der Waals surface area contributed by atoms with Crippen molar-refractivity contribution in [1.82, 2.24) is 9.78 Å². The zero-order chi connectivity index (χ0) is 13.8. The van der Waals surface area contributed by atoms with Gasteiger partial charge < -0.3 is 9.84 Å². The molecule has 1 unspecified atom stereocenters. The summed E-state index contributed by atoms with van der Waals surface area (Å²) in [7, 11) is 0. The van der Waals surface area contributed by atoms with Gasteiger partial charge in [-0.3, -0.25) is 4.68 Å². The Balaban J connectivity index is 1.88. The Morgan fingerprint density at radius 3 is 2.68 bits per heavy atom. The zero-order valence-electron chi connectivity index (χ0n) is 11.6. The molecule has 1 atom stereocenters. The summed E-state index contributed by atoms with van der Waals surface area (Å²) in [5, 5.41) is 14.3. The lowest BCUT2D eigenvalue weighted by Crippen LogP contribution is -2.24. The van der Waals surface area contributed by atoms with Crippen LogP contribution < -0.4 is 4.74 Å². The van der Waals surface area contributed by atoms with Crippen molar-refractivity contribution >= 4 is 0 Å². The van der Waals surface area contributed by atoms with Gasteiger partial charge in [0.1, 0.15) is 18.5 Å². The third-order valence-corrected chi connectivity index (χ3v) is 2.92. The molecule has 2 rings (SSSR count). The van der Waals surface area contributed by atoms with E-state index in [1.807, 2.05) is 51.1 Å². The van der Waals surface area contributed by atoms with Gasteiger partial charge in [-0.05, 0) is 44.5 Å². The van der Waals surface area contributed by atoms with E-state index in [0.29, 0.717) is 6.54 Å². The maximum atomic E-state index is 9.98. The predicted octanol–water partition coefficient (Wildman–Crippen LogP) is 2.25. The summed E-state index contributed by atoms with van der Waals surface area (Å²) in [6.07, 6.45) is -0.571. The van der Waals surface area contributed by atoms with Crippen LogP contribution in [0.3, 0.4) is 0 Å². The first-order valence-corrected chi connectivity index (χ1v) is 6.43. The van der Waals surface area contributed by atoms with Crippen molar-refractivity contribution in [2.24, 2.45) is 0 Å². The summed E-state index contributed by atoms with van der Waals surface area (Å²) < 4.78 is 7.38. The van der Waals surface area contributed by atoms with E-state index < -0.39 is 6.10 Å². The third-order valence-electron chi connectivity index (χ3n) is 2.92. The quantitative estimate of drug-likeness (QED) is 0.897. The lowest BCUT2D eigenvalue weighted by Gasteiger charge is -2.13. The fourth-order valence-electron chi connectivity index (χ4n) is 2.01. The van der Waals surface area contributed by atoms with E-state index in [-0.39, 0.29) is 6.61 Å². The monoisotopic (exact) mass is 260 g/mol. The number of rotatable bonds is 5. The van der Waals surface area contributed by atoms with Crippen molar-refractivity contribution in [3.8, 4) is 5.75 Å². The average Bonchev–Trinajstić information content (AvgIpc) is 2.65. The number of aromatic nitrogens is 2. The molecule has 0 amide bonds. The molecule has 4 heteroatoms. The van der Waals surface area contributed by atoms with Crippen LogP contribution in [0.5, 0.6) is 5.75 Å². The molecule has 0 aliphatic heterocycles. The zero-order valence-corrected chi connectivity index (χ0v) is 11.6. The van der Waals surface area contributed by atoms with Gasteiger partial charge in [-0.2, -0.15) is 5.10 Å². The van der Waals surface area contributed by atoms with Gasteiger partial charge >= 0.3 is 0 Å². The number of nitrogens with zero attached hydrogens (tertiary/aromatic N) is 2. The van der Waals surface area contributed by atoms with Crippen molar-refractivity contribution < 1.29 is 9.84 Å². The van der Waals surface area contributed by atoms with Crippen molar-refractivity contribution in [3.05, 3.63) is 47.3 Å². The highest BCUT2D eigenvalue weighted by Gasteiger charge is 2.09. The summed E-state index contributed by atoms with van der Waals surface area (Å²) in [6.45, 7) is 6.65. The number of hydrogen-bond donors (Lipinski definition) is 1. The molecule has 0 bridgehead atoms. The number of aryl methyl sites for hydroxylation is 3. The van der Waals surface area contributed by atoms with Crippen LogP contribution in [0.4, 0.5) is 0 Å². The first-order valence-electron chi connectivity index (χ1n) is 6.43. The number of aliphatic hydroxyl groups is 1. The van der Waals surface area contributed by atoms with Gasteiger partial charge in [0, 0.05) is 5.69 Å². The van der Waals surface area contributed by atoms with Crippen LogP contribution in [0.15, 0.2) is 30.3 Å². The minimum atomic E-state index is -0.571. The highest BCUT2D eigenvalue weighted by atomic mass is 16.5. The van der Waals surface area contributed by atoms with Gasteiger partial charge in [0.25, 0.3) is 0 Å². The second kappa shape index (κ2) is 5.89. The van der Waals surface area contributed by atoms with Crippen LogP contribution in [-0.2, 0) is 6.54 Å². The molecule has 4 nitrogen and oxygen atoms in total. The van der Waals surface area contributed by atoms with Crippen LogP contribution in [-0.4, -0.2) is 27.6 Å². The summed E-state index contributed by atoms with van der Waals surface area (Å²) in [5.74, 6) is 0.785. The Hall–Kier alpha value is -1.81. The molecule has 0 spiro atoms. The van der Waals surface area contributed by atoms with Gasteiger partial charge in [-0.1, -0.05) is 12.1 Å². The van der Waals surface area contributed by atoms with Gasteiger partial charge in [0.15, 0.2) is 0 Å². The van der Waals surface area contributed by atoms with E-state index in [1.54, 1.807) is 4.68 Å². The maximum Gasteiger partial charge on any atom is 0.119 e. The molecule has 1 N–H and O–H groups in total. The van der Waals surface area contributed by atoms with Crippen LogP contribution >= 0.6 is 0 Å². The number of hydrogen-bond acceptors (Lipinski definition) is 3. The Bertz CT molecular complexity index is 549. The summed E-state index contributed by atoms with van der Waals surface area (Å²) >= 11 is 0. The Kier molecular flexibility index (Phi) is 4.22. The first kappa shape index (κ1) is 13.6. The molecule has 0 fully saturated rings. The number of benzene rings is 1. The fraction of sp³-hybridized carbons (Fsp3) is 0.400. The van der Waals surface area contributed by atoms with E-state index >= 15 is 0 Å². The normalized spacial score (nSPS) is 12.4. The second-order valence-electron chi connectivity index (χ2n) is 4.89. The van der Waals surface area contributed by atoms with E-state index in [9.17, 15) is 5.11 Å². The van der Waals surface area contributed by atoms with Crippen LogP contribution in [0.2, 0.25) is 0 Å². The largest absolute Gasteiger partial charge is 0.491 e. The minimum Gasteiger partial charge on any atom is -0.491 e. The van der Waals surface area contributed by atoms with Crippen molar-refractivity contribution in [2.75, 3.05) is 6.61 Å². The molecule has 0 saturated carbocycles. The lowest BCUT2D eigenvalue weighted by molar-refractivity contribution is 0.0887. The van der Waals surface area contributed by atoms with Crippen LogP contribution in [0.1, 0.15) is 17.0 Å². The minimum absolute atomic E-state index is 0.266. The highest BCUT2D eigenvalue weighted by molar-refractivity contribution is 5.27. The van der Waals surface area contributed by atoms with Crippen molar-refractivity contribution in [2.45, 2.75) is 33.4 Å². The number of ether oxygens (including phenoxy) is 1. The van der Waals surface area contributed by atoms with E-state index in [0.717, 1.165) is 22.7 Å². The van der Waals surface area contributed by atoms with E-state index in [1.165, 1.54) is 0 Å². The molecule has 0 saturated heterocycles. The Morgan fingerprint density at radius 2 is 2.05 bits per heavy atom. The standard InChI is InChI=1S/C15H20N2O2/c1-11-5-4-6-15(7-11)19-10-14(18)9-17-13(3)8-12(2)16-17/h4-8,14,18H,9-10H2,1-3H3. The summed E-state index contributed by atoms with van der Waals surface area (Å²) in [6, 6.07) is 9.80. The van der Waals surface area contributed by atoms with Crippen molar-refractivity contribution in [1.29, 1.82) is 0 Å². The van der Waals surface area contributed by atoms with E-state index in [4.69, 9.17) is 4.74 Å². The van der Waals surface area contributed by atoms with Gasteiger partial charge in [0.05, 0.1) is 12.2 Å². The summed E-state index contributed by atoms with van der Waals surface area (Å²) in [4.78, 5) is 0. The lowest BCUT2D eigenvalue weighted by atomic mass is 10.2. The molecule has 102 valence electrons. The molecule has 0 radical (unpaired) electrons. The second-order valence-corrected chi connectivity index (χ2v) is 4.89. The first-order chi connectivity index (χ1) is 9.04. The fourth-order valence-corrected chi connectivity index (χ4v) is 2.01. The van der Waals surface area contributed by atoms with Crippen LogP contribution in [0, 0.1) is 20.8 Å². The smallest absolute Gasteiger partial charge is 0.119 e. The maximum absolute atomic E-state index is 9.98. The van der Waals surface area contributed by atoms with Crippen molar-refractivity contribution in [3.63, 3.8) is 0 Å². The Morgan fingerprint density at radius 1 is 1.26 bits per heavy atom. The average molecular weight is 260 g/mol. The predicted molar refractivity (Wildman–Crippen MR) is 74.4 cm³/mol. The van der Waals surface area contributed by atoms with E-state index in [2.05, 4.69) is 5.10 Å². The van der Waals surface area contributed by atoms with Gasteiger partial charge in [-0.25, -0.2) is 0 Å². The van der Waals surface area contributed by atoms with Gasteiger partial charge in [0.2, 0.25) is 0 Å². The number of aliphatic hydroxyl groups excluding tert-OH is 1. The molecular weight excluding hydrogens is 240 g/mol. The third kappa shape index (κ3) is 3.83. The molecule has 0 aliphatic rings. The van der Waals surface area contributed by atoms with Gasteiger partial charge in [-0.15, -0.1) is 0 Å². The molecule has 19 heavy (non-hydrogen) atoms. The topological polar surface area (TPSA) is 47.3 Å². The molecule has 1 aromatic heterocycles. The van der Waals surface area contributed by atoms with Crippen LogP contribution in [0.25, 0.3) is 0 Å². The molecule has 2 aromatic rings. The molecule has 0 aliphatic carbocycles.